The van der Waals surface area contributed by atoms with Crippen molar-refractivity contribution in [2.45, 2.75) is 24.4 Å². The Morgan fingerprint density at radius 3 is 1.77 bits per heavy atom. The minimum atomic E-state index is -0.359. The average molecular weight is 190 g/mol. The number of fused-ring (bicyclic) bond motifs is 1. The van der Waals surface area contributed by atoms with Crippen LogP contribution in [0.4, 0.5) is 0 Å². The van der Waals surface area contributed by atoms with Crippen LogP contribution in [-0.2, 0) is 14.2 Å². The van der Waals surface area contributed by atoms with Gasteiger partial charge in [-0.15, -0.1) is 0 Å². The normalized spacial score (nSPS) is 44.8. The van der Waals surface area contributed by atoms with Crippen LogP contribution in [0.5, 0.6) is 0 Å². The van der Waals surface area contributed by atoms with Gasteiger partial charge in [0.15, 0.2) is 0 Å². The molecule has 2 N–H and O–H groups in total. The van der Waals surface area contributed by atoms with Crippen LogP contribution in [0.25, 0.3) is 0 Å². The van der Waals surface area contributed by atoms with Gasteiger partial charge in [-0.05, 0) is 0 Å². The molecule has 76 valence electrons. The van der Waals surface area contributed by atoms with Gasteiger partial charge in [0.2, 0.25) is 0 Å². The van der Waals surface area contributed by atoms with Gasteiger partial charge in [0.05, 0.1) is 26.4 Å². The third kappa shape index (κ3) is 1.58. The molecule has 0 aromatic heterocycles. The molecule has 2 aliphatic rings. The lowest BCUT2D eigenvalue weighted by atomic mass is 10.1. The Labute approximate surface area is 76.2 Å². The number of aliphatic hydroxyl groups is 2. The van der Waals surface area contributed by atoms with E-state index in [0.29, 0.717) is 13.2 Å². The van der Waals surface area contributed by atoms with Gasteiger partial charge in [-0.1, -0.05) is 0 Å². The van der Waals surface area contributed by atoms with E-state index in [-0.39, 0.29) is 37.6 Å². The van der Waals surface area contributed by atoms with Crippen molar-refractivity contribution >= 4 is 0 Å². The predicted octanol–water partition coefficient (Wildman–Crippen LogP) is -1.48. The summed E-state index contributed by atoms with van der Waals surface area (Å²) >= 11 is 0. The van der Waals surface area contributed by atoms with Crippen molar-refractivity contribution in [3.63, 3.8) is 0 Å². The van der Waals surface area contributed by atoms with Crippen LogP contribution in [0, 0.1) is 0 Å². The summed E-state index contributed by atoms with van der Waals surface area (Å²) in [5.74, 6) is 0. The Morgan fingerprint density at radius 1 is 0.923 bits per heavy atom. The molecule has 5 nitrogen and oxygen atoms in total. The molecule has 0 bridgehead atoms. The molecule has 2 rings (SSSR count). The molecule has 5 heteroatoms. The molecule has 0 spiro atoms. The molecule has 2 aliphatic heterocycles. The first-order chi connectivity index (χ1) is 6.36. The molecule has 4 atom stereocenters. The average Bonchev–Trinajstić information content (AvgIpc) is 2.56. The van der Waals surface area contributed by atoms with Crippen molar-refractivity contribution in [3.8, 4) is 0 Å². The standard InChI is InChI=1S/C8H14O5/c9-3-5-7-8(6(4-10)13-5)12-2-1-11-7/h5-10H,1-4H2. The van der Waals surface area contributed by atoms with E-state index in [1.807, 2.05) is 0 Å². The second-order valence-electron chi connectivity index (χ2n) is 3.25. The fourth-order valence-electron chi connectivity index (χ4n) is 1.87. The number of hydrogen-bond donors (Lipinski definition) is 2. The van der Waals surface area contributed by atoms with Gasteiger partial charge in [0, 0.05) is 0 Å². The Balaban J connectivity index is 2.05. The molecule has 0 aromatic carbocycles. The lowest BCUT2D eigenvalue weighted by Gasteiger charge is -2.28. The highest BCUT2D eigenvalue weighted by Gasteiger charge is 2.47. The van der Waals surface area contributed by atoms with Crippen molar-refractivity contribution < 1.29 is 24.4 Å². The quantitative estimate of drug-likeness (QED) is 0.556. The second kappa shape index (κ2) is 3.89. The number of aliphatic hydroxyl groups excluding tert-OH is 2. The van der Waals surface area contributed by atoms with Crippen molar-refractivity contribution in [2.75, 3.05) is 26.4 Å². The topological polar surface area (TPSA) is 68.2 Å². The smallest absolute Gasteiger partial charge is 0.115 e. The molecule has 4 unspecified atom stereocenters. The molecule has 0 aromatic rings. The molecule has 0 saturated carbocycles. The Hall–Kier alpha value is -0.200. The molecule has 2 fully saturated rings. The first kappa shape index (κ1) is 9.36. The van der Waals surface area contributed by atoms with Crippen molar-refractivity contribution in [1.29, 1.82) is 0 Å². The van der Waals surface area contributed by atoms with Crippen LogP contribution in [0.3, 0.4) is 0 Å². The minimum absolute atomic E-state index is 0.0962. The van der Waals surface area contributed by atoms with Gasteiger partial charge in [-0.3, -0.25) is 0 Å². The summed E-state index contributed by atoms with van der Waals surface area (Å²) in [6.45, 7) is 0.862. The van der Waals surface area contributed by atoms with E-state index in [2.05, 4.69) is 0 Å². The van der Waals surface area contributed by atoms with Gasteiger partial charge in [0.25, 0.3) is 0 Å². The van der Waals surface area contributed by atoms with E-state index in [9.17, 15) is 0 Å². The maximum atomic E-state index is 8.98. The van der Waals surface area contributed by atoms with Gasteiger partial charge in [-0.25, -0.2) is 0 Å². The van der Waals surface area contributed by atoms with Gasteiger partial charge < -0.3 is 24.4 Å². The fourth-order valence-corrected chi connectivity index (χ4v) is 1.87. The van der Waals surface area contributed by atoms with E-state index in [1.165, 1.54) is 0 Å². The number of ether oxygens (including phenoxy) is 3. The monoisotopic (exact) mass is 190 g/mol. The Morgan fingerprint density at radius 2 is 1.38 bits per heavy atom. The minimum Gasteiger partial charge on any atom is -0.394 e. The molecular formula is C8H14O5. The van der Waals surface area contributed by atoms with Crippen molar-refractivity contribution in [3.05, 3.63) is 0 Å². The van der Waals surface area contributed by atoms with Gasteiger partial charge in [-0.2, -0.15) is 0 Å². The van der Waals surface area contributed by atoms with E-state index in [1.54, 1.807) is 0 Å². The molecule has 2 saturated heterocycles. The Bertz CT molecular complexity index is 156. The van der Waals surface area contributed by atoms with Gasteiger partial charge in [0.1, 0.15) is 24.4 Å². The van der Waals surface area contributed by atoms with Crippen LogP contribution in [-0.4, -0.2) is 61.1 Å². The van der Waals surface area contributed by atoms with Crippen LogP contribution in [0.2, 0.25) is 0 Å². The SMILES string of the molecule is OCC1OC(CO)C2OCCOC12. The molecule has 0 radical (unpaired) electrons. The van der Waals surface area contributed by atoms with E-state index in [4.69, 9.17) is 24.4 Å². The zero-order valence-electron chi connectivity index (χ0n) is 7.26. The van der Waals surface area contributed by atoms with Crippen LogP contribution in [0.1, 0.15) is 0 Å². The zero-order chi connectivity index (χ0) is 9.26. The number of hydrogen-bond acceptors (Lipinski definition) is 5. The molecule has 13 heavy (non-hydrogen) atoms. The van der Waals surface area contributed by atoms with Crippen LogP contribution < -0.4 is 0 Å². The maximum absolute atomic E-state index is 8.98. The summed E-state index contributed by atoms with van der Waals surface area (Å²) in [6, 6.07) is 0. The predicted molar refractivity (Wildman–Crippen MR) is 42.3 cm³/mol. The molecule has 0 amide bonds. The molecule has 2 heterocycles. The summed E-state index contributed by atoms with van der Waals surface area (Å²) in [7, 11) is 0. The Kier molecular flexibility index (Phi) is 2.80. The third-order valence-corrected chi connectivity index (χ3v) is 2.47. The summed E-state index contributed by atoms with van der Waals surface area (Å²) in [5.41, 5.74) is 0. The second-order valence-corrected chi connectivity index (χ2v) is 3.25. The summed E-state index contributed by atoms with van der Waals surface area (Å²) in [6.07, 6.45) is -1.17. The zero-order valence-corrected chi connectivity index (χ0v) is 7.26. The van der Waals surface area contributed by atoms with E-state index in [0.717, 1.165) is 0 Å². The maximum Gasteiger partial charge on any atom is 0.115 e. The third-order valence-electron chi connectivity index (χ3n) is 2.47. The number of rotatable bonds is 2. The van der Waals surface area contributed by atoms with Crippen molar-refractivity contribution in [1.82, 2.24) is 0 Å². The first-order valence-electron chi connectivity index (χ1n) is 4.47. The lowest BCUT2D eigenvalue weighted by molar-refractivity contribution is -0.137. The van der Waals surface area contributed by atoms with Gasteiger partial charge >= 0.3 is 0 Å². The van der Waals surface area contributed by atoms with Crippen molar-refractivity contribution in [2.24, 2.45) is 0 Å². The highest BCUT2D eigenvalue weighted by atomic mass is 16.6. The van der Waals surface area contributed by atoms with E-state index < -0.39 is 0 Å². The van der Waals surface area contributed by atoms with Crippen LogP contribution >= 0.6 is 0 Å². The summed E-state index contributed by atoms with van der Waals surface area (Å²) in [4.78, 5) is 0. The summed E-state index contributed by atoms with van der Waals surface area (Å²) in [5, 5.41) is 18.0. The largest absolute Gasteiger partial charge is 0.394 e. The molecular weight excluding hydrogens is 176 g/mol. The van der Waals surface area contributed by atoms with Crippen LogP contribution in [0.15, 0.2) is 0 Å². The highest BCUT2D eigenvalue weighted by Crippen LogP contribution is 2.28. The first-order valence-corrected chi connectivity index (χ1v) is 4.47. The van der Waals surface area contributed by atoms with E-state index >= 15 is 0 Å². The lowest BCUT2D eigenvalue weighted by Crippen LogP contribution is -2.44. The summed E-state index contributed by atoms with van der Waals surface area (Å²) < 4.78 is 16.2. The highest BCUT2D eigenvalue weighted by molar-refractivity contribution is 4.93. The fraction of sp³-hybridized carbons (Fsp3) is 1.00. The molecule has 0 aliphatic carbocycles.